The monoisotopic (exact) mass is 315 g/mol. The lowest BCUT2D eigenvalue weighted by atomic mass is 10.2. The third kappa shape index (κ3) is 3.11. The van der Waals surface area contributed by atoms with Crippen molar-refractivity contribution in [3.8, 4) is 0 Å². The Bertz CT molecular complexity index is 651. The molecule has 1 unspecified atom stereocenters. The number of nitrogens with zero attached hydrogens (tertiary/aromatic N) is 3. The van der Waals surface area contributed by atoms with E-state index in [9.17, 15) is 13.2 Å². The van der Waals surface area contributed by atoms with Crippen LogP contribution in [0, 0.1) is 19.8 Å². The van der Waals surface area contributed by atoms with E-state index in [-0.39, 0.29) is 17.9 Å². The minimum Gasteiger partial charge on any atom is -0.481 e. The molecule has 1 aromatic heterocycles. The third-order valence-electron chi connectivity index (χ3n) is 3.84. The second-order valence-electron chi connectivity index (χ2n) is 5.62. The lowest BCUT2D eigenvalue weighted by molar-refractivity contribution is -0.137. The van der Waals surface area contributed by atoms with Crippen LogP contribution in [-0.4, -0.2) is 46.7 Å². The van der Waals surface area contributed by atoms with Crippen LogP contribution in [-0.2, 0) is 21.4 Å². The Morgan fingerprint density at radius 2 is 2.10 bits per heavy atom. The summed E-state index contributed by atoms with van der Waals surface area (Å²) in [7, 11) is -3.55. The summed E-state index contributed by atoms with van der Waals surface area (Å²) in [5, 5.41) is 12.9. The number of carbonyl (C=O) groups is 1. The van der Waals surface area contributed by atoms with Gasteiger partial charge in [0, 0.05) is 13.1 Å². The topological polar surface area (TPSA) is 92.5 Å². The van der Waals surface area contributed by atoms with Crippen LogP contribution in [0.15, 0.2) is 4.90 Å². The Morgan fingerprint density at radius 1 is 1.43 bits per heavy atom. The van der Waals surface area contributed by atoms with E-state index in [4.69, 9.17) is 5.11 Å². The minimum atomic E-state index is -3.55. The van der Waals surface area contributed by atoms with Crippen molar-refractivity contribution in [2.45, 2.75) is 45.1 Å². The van der Waals surface area contributed by atoms with E-state index in [1.807, 2.05) is 6.92 Å². The molecule has 2 heterocycles. The van der Waals surface area contributed by atoms with E-state index < -0.39 is 16.0 Å². The molecule has 0 bridgehead atoms. The highest BCUT2D eigenvalue weighted by Crippen LogP contribution is 2.28. The van der Waals surface area contributed by atoms with E-state index in [1.54, 1.807) is 13.8 Å². The summed E-state index contributed by atoms with van der Waals surface area (Å²) >= 11 is 0. The van der Waals surface area contributed by atoms with Gasteiger partial charge in [-0.05, 0) is 26.2 Å². The van der Waals surface area contributed by atoms with Crippen molar-refractivity contribution >= 4 is 16.0 Å². The number of aryl methyl sites for hydroxylation is 2. The van der Waals surface area contributed by atoms with Gasteiger partial charge in [-0.3, -0.25) is 9.48 Å². The number of aliphatic carboxylic acids is 1. The van der Waals surface area contributed by atoms with Gasteiger partial charge in [0.25, 0.3) is 0 Å². The summed E-state index contributed by atoms with van der Waals surface area (Å²) in [5.74, 6) is -0.567. The highest BCUT2D eigenvalue weighted by Gasteiger charge is 2.34. The van der Waals surface area contributed by atoms with Crippen LogP contribution < -0.4 is 0 Å². The van der Waals surface area contributed by atoms with Gasteiger partial charge in [-0.15, -0.1) is 0 Å². The Morgan fingerprint density at radius 3 is 2.62 bits per heavy atom. The van der Waals surface area contributed by atoms with E-state index in [0.717, 1.165) is 6.42 Å². The van der Waals surface area contributed by atoms with E-state index in [0.29, 0.717) is 30.4 Å². The maximum absolute atomic E-state index is 12.7. The normalized spacial score (nSPS) is 20.0. The Labute approximate surface area is 124 Å². The molecule has 1 fully saturated rings. The van der Waals surface area contributed by atoms with Crippen LogP contribution in [0.4, 0.5) is 0 Å². The number of hydrogen-bond donors (Lipinski definition) is 1. The molecule has 118 valence electrons. The van der Waals surface area contributed by atoms with Gasteiger partial charge in [0.05, 0.1) is 24.4 Å². The molecule has 0 radical (unpaired) electrons. The molecule has 1 atom stereocenters. The van der Waals surface area contributed by atoms with Crippen LogP contribution in [0.5, 0.6) is 0 Å². The molecule has 0 saturated carbocycles. The number of carboxylic acid groups (broad SMARTS) is 1. The molecule has 0 aliphatic carbocycles. The molecule has 8 heteroatoms. The Kier molecular flexibility index (Phi) is 4.38. The van der Waals surface area contributed by atoms with Gasteiger partial charge in [0.15, 0.2) is 0 Å². The van der Waals surface area contributed by atoms with E-state index in [1.165, 1.54) is 8.99 Å². The van der Waals surface area contributed by atoms with Crippen molar-refractivity contribution in [1.29, 1.82) is 0 Å². The zero-order valence-electron chi connectivity index (χ0n) is 12.5. The van der Waals surface area contributed by atoms with Crippen LogP contribution in [0.25, 0.3) is 0 Å². The molecule has 1 saturated heterocycles. The third-order valence-corrected chi connectivity index (χ3v) is 5.96. The van der Waals surface area contributed by atoms with Gasteiger partial charge >= 0.3 is 5.97 Å². The molecule has 1 aliphatic rings. The molecule has 0 spiro atoms. The SMILES string of the molecule is Cc1nn(CCC(=O)O)c(C)c1S(=O)(=O)N1CCC(C)C1. The zero-order valence-corrected chi connectivity index (χ0v) is 13.4. The molecule has 1 aromatic rings. The number of hydrogen-bond acceptors (Lipinski definition) is 4. The first-order valence-electron chi connectivity index (χ1n) is 6.99. The predicted octanol–water partition coefficient (Wildman–Crippen LogP) is 1.01. The second kappa shape index (κ2) is 5.76. The maximum Gasteiger partial charge on any atom is 0.305 e. The predicted molar refractivity (Wildman–Crippen MR) is 76.5 cm³/mol. The Balaban J connectivity index is 2.33. The number of sulfonamides is 1. The molecule has 0 amide bonds. The molecular weight excluding hydrogens is 294 g/mol. The average Bonchev–Trinajstić information content (AvgIpc) is 2.92. The fourth-order valence-electron chi connectivity index (χ4n) is 2.72. The maximum atomic E-state index is 12.7. The highest BCUT2D eigenvalue weighted by molar-refractivity contribution is 7.89. The standard InChI is InChI=1S/C13H21N3O4S/c1-9-4-6-15(8-9)21(19,20)13-10(2)14-16(11(13)3)7-5-12(17)18/h9H,4-8H2,1-3H3,(H,17,18). The summed E-state index contributed by atoms with van der Waals surface area (Å²) in [6.45, 7) is 6.59. The van der Waals surface area contributed by atoms with Crippen molar-refractivity contribution in [3.63, 3.8) is 0 Å². The lowest BCUT2D eigenvalue weighted by Crippen LogP contribution is -2.29. The fourth-order valence-corrected chi connectivity index (χ4v) is 4.66. The van der Waals surface area contributed by atoms with Gasteiger partial charge in [-0.2, -0.15) is 9.40 Å². The summed E-state index contributed by atoms with van der Waals surface area (Å²) in [4.78, 5) is 10.9. The smallest absolute Gasteiger partial charge is 0.305 e. The molecule has 1 aliphatic heterocycles. The molecule has 2 rings (SSSR count). The summed E-state index contributed by atoms with van der Waals surface area (Å²) in [6.07, 6.45) is 0.784. The molecular formula is C13H21N3O4S. The highest BCUT2D eigenvalue weighted by atomic mass is 32.2. The van der Waals surface area contributed by atoms with Crippen LogP contribution in [0.2, 0.25) is 0 Å². The largest absolute Gasteiger partial charge is 0.481 e. The molecule has 1 N–H and O–H groups in total. The van der Waals surface area contributed by atoms with Gasteiger partial charge in [0.1, 0.15) is 4.90 Å². The number of rotatable bonds is 5. The number of aromatic nitrogens is 2. The minimum absolute atomic E-state index is 0.0812. The van der Waals surface area contributed by atoms with Crippen LogP contribution in [0.1, 0.15) is 31.2 Å². The second-order valence-corrected chi connectivity index (χ2v) is 7.50. The molecule has 0 aromatic carbocycles. The van der Waals surface area contributed by atoms with Gasteiger partial charge in [-0.25, -0.2) is 8.42 Å². The van der Waals surface area contributed by atoms with E-state index in [2.05, 4.69) is 5.10 Å². The van der Waals surface area contributed by atoms with Crippen molar-refractivity contribution in [1.82, 2.24) is 14.1 Å². The van der Waals surface area contributed by atoms with Gasteiger partial charge < -0.3 is 5.11 Å². The quantitative estimate of drug-likeness (QED) is 0.875. The van der Waals surface area contributed by atoms with Gasteiger partial charge in [-0.1, -0.05) is 6.92 Å². The van der Waals surface area contributed by atoms with Crippen molar-refractivity contribution in [3.05, 3.63) is 11.4 Å². The van der Waals surface area contributed by atoms with E-state index >= 15 is 0 Å². The fraction of sp³-hybridized carbons (Fsp3) is 0.692. The lowest BCUT2D eigenvalue weighted by Gasteiger charge is -2.16. The van der Waals surface area contributed by atoms with Crippen LogP contribution >= 0.6 is 0 Å². The van der Waals surface area contributed by atoms with Crippen molar-refractivity contribution in [2.24, 2.45) is 5.92 Å². The first kappa shape index (κ1) is 16.0. The van der Waals surface area contributed by atoms with Crippen molar-refractivity contribution < 1.29 is 18.3 Å². The van der Waals surface area contributed by atoms with Crippen molar-refractivity contribution in [2.75, 3.05) is 13.1 Å². The number of carboxylic acids is 1. The van der Waals surface area contributed by atoms with Gasteiger partial charge in [0.2, 0.25) is 10.0 Å². The molecule has 21 heavy (non-hydrogen) atoms. The summed E-state index contributed by atoms with van der Waals surface area (Å²) in [6, 6.07) is 0. The molecule has 7 nitrogen and oxygen atoms in total. The first-order valence-corrected chi connectivity index (χ1v) is 8.43. The Hall–Kier alpha value is -1.41. The van der Waals surface area contributed by atoms with Crippen LogP contribution in [0.3, 0.4) is 0 Å². The summed E-state index contributed by atoms with van der Waals surface area (Å²) in [5.41, 5.74) is 0.936. The summed E-state index contributed by atoms with van der Waals surface area (Å²) < 4.78 is 28.4. The average molecular weight is 315 g/mol. The first-order chi connectivity index (χ1) is 9.73. The zero-order chi connectivity index (χ0) is 15.8.